The van der Waals surface area contributed by atoms with Crippen molar-refractivity contribution in [3.8, 4) is 11.5 Å². The molecule has 2 aromatic carbocycles. The lowest BCUT2D eigenvalue weighted by molar-refractivity contribution is -0.111. The third kappa shape index (κ3) is 6.16. The number of rotatable bonds is 10. The first-order valence-electron chi connectivity index (χ1n) is 10.7. The third-order valence-corrected chi connectivity index (χ3v) is 6.16. The summed E-state index contributed by atoms with van der Waals surface area (Å²) in [5, 5.41) is 6.44. The van der Waals surface area contributed by atoms with Gasteiger partial charge in [-0.25, -0.2) is 13.1 Å². The van der Waals surface area contributed by atoms with E-state index in [0.717, 1.165) is 5.56 Å². The largest absolute Gasteiger partial charge is 0.490 e. The molecule has 10 heteroatoms. The van der Waals surface area contributed by atoms with Crippen LogP contribution >= 0.6 is 0 Å². The number of carbonyl (C=O) groups excluding carboxylic acids is 1. The Morgan fingerprint density at radius 1 is 1.03 bits per heavy atom. The molecular weight excluding hydrogens is 458 g/mol. The van der Waals surface area contributed by atoms with E-state index in [1.165, 1.54) is 30.3 Å². The van der Waals surface area contributed by atoms with Gasteiger partial charge in [0.15, 0.2) is 11.5 Å². The number of amides is 1. The quantitative estimate of drug-likeness (QED) is 0.405. The molecule has 0 aliphatic rings. The summed E-state index contributed by atoms with van der Waals surface area (Å²) in [6, 6.07) is 11.2. The van der Waals surface area contributed by atoms with Crippen LogP contribution in [0, 0.1) is 13.8 Å². The van der Waals surface area contributed by atoms with Crippen LogP contribution < -0.4 is 19.5 Å². The van der Waals surface area contributed by atoms with E-state index >= 15 is 0 Å². The molecule has 0 bridgehead atoms. The fraction of sp³-hybridized carbons (Fsp3) is 0.250. The van der Waals surface area contributed by atoms with Crippen LogP contribution in [0.25, 0.3) is 6.08 Å². The average Bonchev–Trinajstić information content (AvgIpc) is 3.11. The number of nitrogens with zero attached hydrogens (tertiary/aromatic N) is 1. The lowest BCUT2D eigenvalue weighted by Crippen LogP contribution is -2.13. The lowest BCUT2D eigenvalue weighted by Gasteiger charge is -2.11. The van der Waals surface area contributed by atoms with Crippen LogP contribution in [-0.4, -0.2) is 32.7 Å². The van der Waals surface area contributed by atoms with Gasteiger partial charge in [0.1, 0.15) is 0 Å². The maximum absolute atomic E-state index is 12.6. The van der Waals surface area contributed by atoms with Gasteiger partial charge in [-0.05, 0) is 75.7 Å². The van der Waals surface area contributed by atoms with Crippen molar-refractivity contribution in [3.05, 3.63) is 65.4 Å². The van der Waals surface area contributed by atoms with Gasteiger partial charge in [-0.3, -0.25) is 4.79 Å². The summed E-state index contributed by atoms with van der Waals surface area (Å²) in [6.07, 6.45) is 3.03. The highest BCUT2D eigenvalue weighted by molar-refractivity contribution is 7.92. The molecule has 9 nitrogen and oxygen atoms in total. The zero-order valence-corrected chi connectivity index (χ0v) is 20.2. The van der Waals surface area contributed by atoms with Crippen molar-refractivity contribution in [3.63, 3.8) is 0 Å². The molecule has 0 spiro atoms. The summed E-state index contributed by atoms with van der Waals surface area (Å²) in [4.78, 5) is 12.3. The van der Waals surface area contributed by atoms with Gasteiger partial charge >= 0.3 is 0 Å². The van der Waals surface area contributed by atoms with E-state index in [0.29, 0.717) is 41.7 Å². The number of hydrogen-bond donors (Lipinski definition) is 2. The van der Waals surface area contributed by atoms with Crippen molar-refractivity contribution in [1.82, 2.24) is 5.16 Å². The van der Waals surface area contributed by atoms with E-state index in [2.05, 4.69) is 15.2 Å². The Hall–Kier alpha value is -3.79. The highest BCUT2D eigenvalue weighted by Gasteiger charge is 2.19. The van der Waals surface area contributed by atoms with Crippen molar-refractivity contribution in [2.24, 2.45) is 0 Å². The first-order chi connectivity index (χ1) is 16.2. The molecule has 3 rings (SSSR count). The number of carbonyl (C=O) groups is 1. The summed E-state index contributed by atoms with van der Waals surface area (Å²) in [6.45, 7) is 8.22. The molecule has 1 amide bonds. The van der Waals surface area contributed by atoms with E-state index in [1.54, 1.807) is 32.1 Å². The highest BCUT2D eigenvalue weighted by Crippen LogP contribution is 2.29. The van der Waals surface area contributed by atoms with Crippen molar-refractivity contribution >= 4 is 33.6 Å². The van der Waals surface area contributed by atoms with E-state index in [9.17, 15) is 13.2 Å². The predicted octanol–water partition coefficient (Wildman–Crippen LogP) is 4.54. The molecule has 34 heavy (non-hydrogen) atoms. The van der Waals surface area contributed by atoms with Crippen molar-refractivity contribution < 1.29 is 27.2 Å². The second-order valence-electron chi connectivity index (χ2n) is 7.25. The van der Waals surface area contributed by atoms with Crippen molar-refractivity contribution in [1.29, 1.82) is 0 Å². The predicted molar refractivity (Wildman–Crippen MR) is 130 cm³/mol. The Balaban J connectivity index is 1.65. The van der Waals surface area contributed by atoms with Gasteiger partial charge in [-0.1, -0.05) is 11.2 Å². The second-order valence-corrected chi connectivity index (χ2v) is 8.93. The molecule has 180 valence electrons. The Labute approximate surface area is 198 Å². The molecule has 0 aliphatic heterocycles. The number of aryl methyl sites for hydroxylation is 1. The van der Waals surface area contributed by atoms with E-state index in [4.69, 9.17) is 14.0 Å². The zero-order valence-electron chi connectivity index (χ0n) is 19.4. The monoisotopic (exact) mass is 485 g/mol. The molecule has 0 atom stereocenters. The zero-order chi connectivity index (χ0) is 24.7. The SMILES string of the molecule is CCOc1ccc(/C=C/C(=O)Nc2ccc(S(=O)(=O)Nc3onc(C)c3C)cc2)cc1OCC. The Bertz CT molecular complexity index is 1280. The Morgan fingerprint density at radius 2 is 1.71 bits per heavy atom. The standard InChI is InChI=1S/C24H27N3O6S/c1-5-31-21-13-7-18(15-22(21)32-6-2)8-14-23(28)25-19-9-11-20(12-10-19)34(29,30)27-24-16(3)17(4)26-33-24/h7-15,27H,5-6H2,1-4H3,(H,25,28)/b14-8+. The molecule has 0 saturated carbocycles. The van der Waals surface area contributed by atoms with Crippen LogP contribution in [0.5, 0.6) is 11.5 Å². The molecule has 0 radical (unpaired) electrons. The van der Waals surface area contributed by atoms with Gasteiger partial charge in [0.25, 0.3) is 10.0 Å². The molecule has 2 N–H and O–H groups in total. The minimum absolute atomic E-state index is 0.0207. The van der Waals surface area contributed by atoms with Crippen LogP contribution in [-0.2, 0) is 14.8 Å². The van der Waals surface area contributed by atoms with E-state index < -0.39 is 10.0 Å². The minimum atomic E-state index is -3.86. The highest BCUT2D eigenvalue weighted by atomic mass is 32.2. The summed E-state index contributed by atoms with van der Waals surface area (Å²) in [7, 11) is -3.86. The molecule has 0 aliphatic carbocycles. The normalized spacial score (nSPS) is 11.4. The van der Waals surface area contributed by atoms with Crippen molar-refractivity contribution in [2.75, 3.05) is 23.3 Å². The first kappa shape index (κ1) is 24.8. The van der Waals surface area contributed by atoms with Crippen LogP contribution in [0.15, 0.2) is 58.0 Å². The van der Waals surface area contributed by atoms with Gasteiger partial charge < -0.3 is 19.3 Å². The fourth-order valence-electron chi connectivity index (χ4n) is 2.94. The summed E-state index contributed by atoms with van der Waals surface area (Å²) < 4.78 is 43.7. The molecule has 0 unspecified atom stereocenters. The van der Waals surface area contributed by atoms with Gasteiger partial charge in [0.2, 0.25) is 11.8 Å². The van der Waals surface area contributed by atoms with Gasteiger partial charge in [0.05, 0.1) is 23.8 Å². The van der Waals surface area contributed by atoms with Gasteiger partial charge in [-0.2, -0.15) is 0 Å². The Morgan fingerprint density at radius 3 is 2.32 bits per heavy atom. The summed E-state index contributed by atoms with van der Waals surface area (Å²) >= 11 is 0. The van der Waals surface area contributed by atoms with Crippen LogP contribution in [0.3, 0.4) is 0 Å². The number of ether oxygens (including phenoxy) is 2. The van der Waals surface area contributed by atoms with Gasteiger partial charge in [0, 0.05) is 17.3 Å². The summed E-state index contributed by atoms with van der Waals surface area (Å²) in [5.41, 5.74) is 2.43. The molecule has 1 heterocycles. The topological polar surface area (TPSA) is 120 Å². The fourth-order valence-corrected chi connectivity index (χ4v) is 3.98. The number of nitrogens with one attached hydrogen (secondary N) is 2. The van der Waals surface area contributed by atoms with Crippen LogP contribution in [0.1, 0.15) is 30.7 Å². The van der Waals surface area contributed by atoms with Crippen molar-refractivity contribution in [2.45, 2.75) is 32.6 Å². The second kappa shape index (κ2) is 10.9. The first-order valence-corrected chi connectivity index (χ1v) is 12.2. The smallest absolute Gasteiger partial charge is 0.264 e. The van der Waals surface area contributed by atoms with E-state index in [1.807, 2.05) is 19.9 Å². The minimum Gasteiger partial charge on any atom is -0.490 e. The molecule has 0 fully saturated rings. The number of benzene rings is 2. The maximum atomic E-state index is 12.6. The van der Waals surface area contributed by atoms with E-state index in [-0.39, 0.29) is 16.7 Å². The van der Waals surface area contributed by atoms with Crippen LogP contribution in [0.4, 0.5) is 11.6 Å². The maximum Gasteiger partial charge on any atom is 0.264 e. The molecule has 1 aromatic heterocycles. The molecule has 3 aromatic rings. The number of sulfonamides is 1. The number of aromatic nitrogens is 1. The molecule has 0 saturated heterocycles. The average molecular weight is 486 g/mol. The molecular formula is C24H27N3O6S. The number of hydrogen-bond acceptors (Lipinski definition) is 7. The Kier molecular flexibility index (Phi) is 7.95. The third-order valence-electron chi connectivity index (χ3n) is 4.81. The summed E-state index contributed by atoms with van der Waals surface area (Å²) in [5.74, 6) is 0.951. The lowest BCUT2D eigenvalue weighted by atomic mass is 10.2. The van der Waals surface area contributed by atoms with Gasteiger partial charge in [-0.15, -0.1) is 0 Å². The van der Waals surface area contributed by atoms with Crippen LogP contribution in [0.2, 0.25) is 0 Å². The number of anilines is 2.